The van der Waals surface area contributed by atoms with Crippen molar-refractivity contribution in [2.75, 3.05) is 54.1 Å². The number of hydrogen-bond acceptors (Lipinski definition) is 8. The number of aromatic nitrogens is 4. The summed E-state index contributed by atoms with van der Waals surface area (Å²) in [7, 11) is 4.97. The number of ether oxygens (including phenoxy) is 3. The van der Waals surface area contributed by atoms with Gasteiger partial charge in [-0.1, -0.05) is 25.1 Å². The van der Waals surface area contributed by atoms with Crippen molar-refractivity contribution in [1.82, 2.24) is 30.0 Å². The summed E-state index contributed by atoms with van der Waals surface area (Å²) >= 11 is 0. The molecular formula is C24H32N6O3. The highest BCUT2D eigenvalue weighted by atomic mass is 16.5. The monoisotopic (exact) mass is 452 g/mol. The molecule has 2 aromatic carbocycles. The lowest BCUT2D eigenvalue weighted by Gasteiger charge is -2.38. The molecule has 1 fully saturated rings. The molecule has 0 spiro atoms. The molecular weight excluding hydrogens is 420 g/mol. The summed E-state index contributed by atoms with van der Waals surface area (Å²) in [5.74, 6) is 3.03. The molecule has 1 aliphatic rings. The Morgan fingerprint density at radius 3 is 2.24 bits per heavy atom. The van der Waals surface area contributed by atoms with Crippen LogP contribution in [-0.2, 0) is 6.54 Å². The maximum atomic E-state index is 5.59. The van der Waals surface area contributed by atoms with Crippen LogP contribution in [0.1, 0.15) is 29.9 Å². The van der Waals surface area contributed by atoms with Gasteiger partial charge in [-0.25, -0.2) is 4.68 Å². The van der Waals surface area contributed by atoms with Crippen LogP contribution in [0.5, 0.6) is 17.2 Å². The number of rotatable bonds is 9. The maximum Gasteiger partial charge on any atom is 0.173 e. The third-order valence-corrected chi connectivity index (χ3v) is 6.24. The number of tetrazole rings is 1. The van der Waals surface area contributed by atoms with Crippen LogP contribution in [-0.4, -0.2) is 84.1 Å². The van der Waals surface area contributed by atoms with E-state index in [1.807, 2.05) is 41.1 Å². The van der Waals surface area contributed by atoms with Crippen LogP contribution in [0.25, 0.3) is 0 Å². The van der Waals surface area contributed by atoms with Gasteiger partial charge in [0.1, 0.15) is 5.75 Å². The Bertz CT molecular complexity index is 1030. The van der Waals surface area contributed by atoms with Gasteiger partial charge in [-0.15, -0.1) is 5.10 Å². The zero-order chi connectivity index (χ0) is 23.2. The third kappa shape index (κ3) is 5.09. The molecule has 0 aliphatic carbocycles. The van der Waals surface area contributed by atoms with Gasteiger partial charge in [0.15, 0.2) is 17.3 Å². The summed E-state index contributed by atoms with van der Waals surface area (Å²) in [5.41, 5.74) is 2.18. The Kier molecular flexibility index (Phi) is 7.41. The molecule has 4 rings (SSSR count). The highest BCUT2D eigenvalue weighted by Gasteiger charge is 2.31. The van der Waals surface area contributed by atoms with Gasteiger partial charge in [0.2, 0.25) is 0 Å². The maximum absolute atomic E-state index is 5.59. The van der Waals surface area contributed by atoms with Gasteiger partial charge in [-0.05, 0) is 52.4 Å². The van der Waals surface area contributed by atoms with Gasteiger partial charge in [0.05, 0.1) is 33.9 Å². The minimum Gasteiger partial charge on any atom is -0.497 e. The highest BCUT2D eigenvalue weighted by Crippen LogP contribution is 2.35. The SMILES string of the molecule is CCN1CCN(C(c2ccc(OC)c(OC)c2)c2nnnn2Cc2ccc(OC)cc2)CC1. The zero-order valence-electron chi connectivity index (χ0n) is 19.8. The van der Waals surface area contributed by atoms with E-state index in [9.17, 15) is 0 Å². The van der Waals surface area contributed by atoms with Crippen molar-refractivity contribution in [2.24, 2.45) is 0 Å². The van der Waals surface area contributed by atoms with E-state index in [1.54, 1.807) is 21.3 Å². The Morgan fingerprint density at radius 2 is 1.61 bits per heavy atom. The summed E-state index contributed by atoms with van der Waals surface area (Å²) in [6.07, 6.45) is 0. The van der Waals surface area contributed by atoms with Crippen molar-refractivity contribution in [3.8, 4) is 17.2 Å². The minimum atomic E-state index is -0.0999. The lowest BCUT2D eigenvalue weighted by molar-refractivity contribution is 0.108. The van der Waals surface area contributed by atoms with Crippen LogP contribution in [0.15, 0.2) is 42.5 Å². The van der Waals surface area contributed by atoms with Crippen molar-refractivity contribution in [3.05, 3.63) is 59.4 Å². The lowest BCUT2D eigenvalue weighted by Crippen LogP contribution is -2.48. The van der Waals surface area contributed by atoms with E-state index in [0.29, 0.717) is 18.0 Å². The summed E-state index contributed by atoms with van der Waals surface area (Å²) < 4.78 is 18.2. The fourth-order valence-electron chi connectivity index (χ4n) is 4.31. The molecule has 176 valence electrons. The fraction of sp³-hybridized carbons (Fsp3) is 0.458. The predicted octanol–water partition coefficient (Wildman–Crippen LogP) is 2.47. The smallest absolute Gasteiger partial charge is 0.173 e. The standard InChI is InChI=1S/C24H32N6O3/c1-5-28-12-14-29(15-13-28)23(19-8-11-21(32-3)22(16-19)33-4)24-25-26-27-30(24)17-18-6-9-20(31-2)10-7-18/h6-11,16,23H,5,12-15,17H2,1-4H3. The van der Waals surface area contributed by atoms with Crippen LogP contribution in [0.4, 0.5) is 0 Å². The van der Waals surface area contributed by atoms with Crippen LogP contribution < -0.4 is 14.2 Å². The average Bonchev–Trinajstić information content (AvgIpc) is 3.32. The molecule has 0 amide bonds. The van der Waals surface area contributed by atoms with E-state index in [1.165, 1.54) is 0 Å². The largest absolute Gasteiger partial charge is 0.497 e. The number of likely N-dealkylation sites (N-methyl/N-ethyl adjacent to an activating group) is 1. The molecule has 0 bridgehead atoms. The first-order valence-electron chi connectivity index (χ1n) is 11.2. The predicted molar refractivity (Wildman–Crippen MR) is 125 cm³/mol. The van der Waals surface area contributed by atoms with Crippen LogP contribution in [0, 0.1) is 0 Å². The molecule has 1 aliphatic heterocycles. The molecule has 0 saturated carbocycles. The molecule has 33 heavy (non-hydrogen) atoms. The highest BCUT2D eigenvalue weighted by molar-refractivity contribution is 5.45. The molecule has 9 nitrogen and oxygen atoms in total. The molecule has 0 N–H and O–H groups in total. The van der Waals surface area contributed by atoms with E-state index >= 15 is 0 Å². The van der Waals surface area contributed by atoms with Gasteiger partial charge in [0, 0.05) is 26.2 Å². The third-order valence-electron chi connectivity index (χ3n) is 6.24. The molecule has 1 saturated heterocycles. The molecule has 1 unspecified atom stereocenters. The van der Waals surface area contributed by atoms with Gasteiger partial charge in [-0.3, -0.25) is 4.90 Å². The van der Waals surface area contributed by atoms with Gasteiger partial charge in [0.25, 0.3) is 0 Å². The summed E-state index contributed by atoms with van der Waals surface area (Å²) in [5, 5.41) is 12.9. The topological polar surface area (TPSA) is 77.8 Å². The van der Waals surface area contributed by atoms with Gasteiger partial charge < -0.3 is 19.1 Å². The van der Waals surface area contributed by atoms with E-state index in [4.69, 9.17) is 14.2 Å². The molecule has 0 radical (unpaired) electrons. The molecule has 1 atom stereocenters. The average molecular weight is 453 g/mol. The van der Waals surface area contributed by atoms with Crippen molar-refractivity contribution in [2.45, 2.75) is 19.5 Å². The van der Waals surface area contributed by atoms with Crippen molar-refractivity contribution in [3.63, 3.8) is 0 Å². The van der Waals surface area contributed by atoms with E-state index in [2.05, 4.69) is 38.3 Å². The van der Waals surface area contributed by atoms with Gasteiger partial charge >= 0.3 is 0 Å². The first-order chi connectivity index (χ1) is 16.2. The molecule has 3 aromatic rings. The van der Waals surface area contributed by atoms with E-state index in [-0.39, 0.29) is 6.04 Å². The van der Waals surface area contributed by atoms with Crippen LogP contribution >= 0.6 is 0 Å². The number of piperazine rings is 1. The number of benzene rings is 2. The molecule has 9 heteroatoms. The Labute approximate surface area is 194 Å². The fourth-order valence-corrected chi connectivity index (χ4v) is 4.31. The number of nitrogens with zero attached hydrogens (tertiary/aromatic N) is 6. The van der Waals surface area contributed by atoms with Crippen molar-refractivity contribution < 1.29 is 14.2 Å². The molecule has 2 heterocycles. The number of hydrogen-bond donors (Lipinski definition) is 0. The quantitative estimate of drug-likeness (QED) is 0.490. The summed E-state index contributed by atoms with van der Waals surface area (Å²) in [6, 6.07) is 13.9. The second kappa shape index (κ2) is 10.6. The Morgan fingerprint density at radius 1 is 0.879 bits per heavy atom. The first-order valence-corrected chi connectivity index (χ1v) is 11.2. The van der Waals surface area contributed by atoms with E-state index in [0.717, 1.165) is 55.4 Å². The first kappa shape index (κ1) is 23.0. The molecule has 1 aromatic heterocycles. The summed E-state index contributed by atoms with van der Waals surface area (Å²) in [6.45, 7) is 7.73. The Balaban J connectivity index is 1.69. The van der Waals surface area contributed by atoms with Crippen molar-refractivity contribution >= 4 is 0 Å². The minimum absolute atomic E-state index is 0.0999. The number of methoxy groups -OCH3 is 3. The van der Waals surface area contributed by atoms with E-state index < -0.39 is 0 Å². The summed E-state index contributed by atoms with van der Waals surface area (Å²) in [4.78, 5) is 4.91. The second-order valence-corrected chi connectivity index (χ2v) is 8.03. The lowest BCUT2D eigenvalue weighted by atomic mass is 10.0. The Hall–Kier alpha value is -3.17. The zero-order valence-corrected chi connectivity index (χ0v) is 19.8. The van der Waals surface area contributed by atoms with Gasteiger partial charge in [-0.2, -0.15) is 0 Å². The van der Waals surface area contributed by atoms with Crippen LogP contribution in [0.2, 0.25) is 0 Å². The second-order valence-electron chi connectivity index (χ2n) is 8.03. The van der Waals surface area contributed by atoms with Crippen LogP contribution in [0.3, 0.4) is 0 Å². The normalized spacial score (nSPS) is 15.9. The van der Waals surface area contributed by atoms with Crippen molar-refractivity contribution in [1.29, 1.82) is 0 Å².